The number of nitrogens with zero attached hydrogens (tertiary/aromatic N) is 2. The first-order valence-corrected chi connectivity index (χ1v) is 6.48. The van der Waals surface area contributed by atoms with Crippen molar-refractivity contribution in [1.29, 1.82) is 0 Å². The second-order valence-electron chi connectivity index (χ2n) is 5.31. The molecule has 3 heteroatoms. The molecule has 0 radical (unpaired) electrons. The highest BCUT2D eigenvalue weighted by Crippen LogP contribution is 2.27. The van der Waals surface area contributed by atoms with Crippen molar-refractivity contribution >= 4 is 0 Å². The van der Waals surface area contributed by atoms with Crippen LogP contribution >= 0.6 is 0 Å². The van der Waals surface area contributed by atoms with E-state index in [1.165, 1.54) is 18.4 Å². The molecule has 0 aliphatic carbocycles. The fourth-order valence-corrected chi connectivity index (χ4v) is 2.57. The Bertz CT molecular complexity index is 428. The molecule has 1 aliphatic rings. The number of likely N-dealkylation sites (tertiary alicyclic amines) is 1. The molecule has 0 spiro atoms. The lowest BCUT2D eigenvalue weighted by Gasteiger charge is -2.34. The monoisotopic (exact) mass is 234 g/mol. The van der Waals surface area contributed by atoms with Gasteiger partial charge in [-0.05, 0) is 57.3 Å². The highest BCUT2D eigenvalue weighted by atomic mass is 16.1. The van der Waals surface area contributed by atoms with Gasteiger partial charge in [0.05, 0.1) is 0 Å². The van der Waals surface area contributed by atoms with Crippen LogP contribution in [0.2, 0.25) is 0 Å². The van der Waals surface area contributed by atoms with Crippen molar-refractivity contribution in [3.63, 3.8) is 0 Å². The lowest BCUT2D eigenvalue weighted by atomic mass is 9.89. The maximum absolute atomic E-state index is 11.6. The van der Waals surface area contributed by atoms with Crippen LogP contribution in [0.25, 0.3) is 0 Å². The van der Waals surface area contributed by atoms with Gasteiger partial charge in [-0.25, -0.2) is 0 Å². The Morgan fingerprint density at radius 2 is 1.94 bits per heavy atom. The fraction of sp³-hybridized carbons (Fsp3) is 0.643. The third-order valence-electron chi connectivity index (χ3n) is 3.86. The van der Waals surface area contributed by atoms with Gasteiger partial charge in [-0.3, -0.25) is 4.79 Å². The van der Waals surface area contributed by atoms with Gasteiger partial charge in [-0.1, -0.05) is 0 Å². The highest BCUT2D eigenvalue weighted by Gasteiger charge is 2.22. The molecule has 0 atom stereocenters. The van der Waals surface area contributed by atoms with Crippen LogP contribution in [-0.4, -0.2) is 28.6 Å². The van der Waals surface area contributed by atoms with Gasteiger partial charge in [-0.2, -0.15) is 0 Å². The maximum atomic E-state index is 11.6. The number of aryl methyl sites for hydroxylation is 1. The van der Waals surface area contributed by atoms with E-state index in [2.05, 4.69) is 24.8 Å². The topological polar surface area (TPSA) is 25.2 Å². The van der Waals surface area contributed by atoms with Gasteiger partial charge in [0.1, 0.15) is 0 Å². The van der Waals surface area contributed by atoms with Gasteiger partial charge < -0.3 is 9.47 Å². The number of rotatable bonds is 2. The third kappa shape index (κ3) is 2.78. The molecule has 94 valence electrons. The van der Waals surface area contributed by atoms with Gasteiger partial charge in [0.15, 0.2) is 0 Å². The Balaban J connectivity index is 2.05. The largest absolute Gasteiger partial charge is 0.319 e. The Morgan fingerprint density at radius 3 is 2.47 bits per heavy atom. The molecule has 1 aromatic heterocycles. The first kappa shape index (κ1) is 12.4. The van der Waals surface area contributed by atoms with Crippen molar-refractivity contribution in [3.8, 4) is 0 Å². The van der Waals surface area contributed by atoms with Crippen LogP contribution in [0.15, 0.2) is 23.1 Å². The molecule has 3 nitrogen and oxygen atoms in total. The standard InChI is InChI=1S/C14H22N2O/c1-11(2)16-8-5-12(6-9-16)13-4-7-15(3)14(17)10-13/h4,7,10-12H,5-6,8-9H2,1-3H3. The summed E-state index contributed by atoms with van der Waals surface area (Å²) in [6, 6.07) is 4.53. The van der Waals surface area contributed by atoms with Crippen molar-refractivity contribution in [1.82, 2.24) is 9.47 Å². The van der Waals surface area contributed by atoms with E-state index >= 15 is 0 Å². The van der Waals surface area contributed by atoms with Crippen LogP contribution in [0.3, 0.4) is 0 Å². The average molecular weight is 234 g/mol. The van der Waals surface area contributed by atoms with Crippen LogP contribution in [0.5, 0.6) is 0 Å². The van der Waals surface area contributed by atoms with E-state index in [9.17, 15) is 4.79 Å². The number of hydrogen-bond acceptors (Lipinski definition) is 2. The zero-order chi connectivity index (χ0) is 12.4. The van der Waals surface area contributed by atoms with Gasteiger partial charge in [0, 0.05) is 25.4 Å². The Hall–Kier alpha value is -1.09. The summed E-state index contributed by atoms with van der Waals surface area (Å²) < 4.78 is 1.63. The number of piperidine rings is 1. The van der Waals surface area contributed by atoms with Crippen LogP contribution in [0, 0.1) is 0 Å². The third-order valence-corrected chi connectivity index (χ3v) is 3.86. The molecule has 0 unspecified atom stereocenters. The summed E-state index contributed by atoms with van der Waals surface area (Å²) in [6.07, 6.45) is 4.23. The van der Waals surface area contributed by atoms with Crippen molar-refractivity contribution in [3.05, 3.63) is 34.2 Å². The number of hydrogen-bond donors (Lipinski definition) is 0. The van der Waals surface area contributed by atoms with Crippen molar-refractivity contribution < 1.29 is 0 Å². The molecular formula is C14H22N2O. The van der Waals surface area contributed by atoms with E-state index in [-0.39, 0.29) is 5.56 Å². The molecule has 2 heterocycles. The van der Waals surface area contributed by atoms with Crippen LogP contribution < -0.4 is 5.56 Å². The van der Waals surface area contributed by atoms with Crippen molar-refractivity contribution in [2.24, 2.45) is 7.05 Å². The zero-order valence-electron chi connectivity index (χ0n) is 11.0. The smallest absolute Gasteiger partial charge is 0.250 e. The summed E-state index contributed by atoms with van der Waals surface area (Å²) in [5.74, 6) is 0.568. The maximum Gasteiger partial charge on any atom is 0.250 e. The second-order valence-corrected chi connectivity index (χ2v) is 5.31. The number of aromatic nitrogens is 1. The summed E-state index contributed by atoms with van der Waals surface area (Å²) in [6.45, 7) is 6.80. The van der Waals surface area contributed by atoms with Crippen LogP contribution in [0.1, 0.15) is 38.2 Å². The van der Waals surface area contributed by atoms with E-state index in [1.807, 2.05) is 6.20 Å². The molecule has 1 saturated heterocycles. The zero-order valence-corrected chi connectivity index (χ0v) is 11.0. The van der Waals surface area contributed by atoms with Crippen LogP contribution in [-0.2, 0) is 7.05 Å². The summed E-state index contributed by atoms with van der Waals surface area (Å²) in [7, 11) is 1.80. The second kappa shape index (κ2) is 5.05. The fourth-order valence-electron chi connectivity index (χ4n) is 2.57. The van der Waals surface area contributed by atoms with E-state index < -0.39 is 0 Å². The lowest BCUT2D eigenvalue weighted by Crippen LogP contribution is -2.38. The van der Waals surface area contributed by atoms with Crippen LogP contribution in [0.4, 0.5) is 0 Å². The summed E-state index contributed by atoms with van der Waals surface area (Å²) >= 11 is 0. The minimum Gasteiger partial charge on any atom is -0.319 e. The first-order chi connectivity index (χ1) is 8.08. The van der Waals surface area contributed by atoms with E-state index in [0.717, 1.165) is 13.1 Å². The molecule has 0 aromatic carbocycles. The predicted octanol–water partition coefficient (Wildman–Crippen LogP) is 1.97. The Kier molecular flexibility index (Phi) is 3.67. The van der Waals surface area contributed by atoms with E-state index in [4.69, 9.17) is 0 Å². The summed E-state index contributed by atoms with van der Waals surface area (Å²) in [5.41, 5.74) is 1.32. The average Bonchev–Trinajstić information content (AvgIpc) is 2.33. The Labute approximate surface area is 103 Å². The normalized spacial score (nSPS) is 18.8. The summed E-state index contributed by atoms with van der Waals surface area (Å²) in [4.78, 5) is 14.1. The molecule has 0 saturated carbocycles. The first-order valence-electron chi connectivity index (χ1n) is 6.48. The molecule has 2 rings (SSSR count). The van der Waals surface area contributed by atoms with Gasteiger partial charge in [-0.15, -0.1) is 0 Å². The molecular weight excluding hydrogens is 212 g/mol. The molecule has 1 aliphatic heterocycles. The van der Waals surface area contributed by atoms with Gasteiger partial charge >= 0.3 is 0 Å². The molecule has 1 fully saturated rings. The van der Waals surface area contributed by atoms with Crippen molar-refractivity contribution in [2.45, 2.75) is 38.6 Å². The predicted molar refractivity (Wildman–Crippen MR) is 70.4 cm³/mol. The van der Waals surface area contributed by atoms with Crippen molar-refractivity contribution in [2.75, 3.05) is 13.1 Å². The summed E-state index contributed by atoms with van der Waals surface area (Å²) in [5, 5.41) is 0. The minimum absolute atomic E-state index is 0.105. The quantitative estimate of drug-likeness (QED) is 0.781. The number of pyridine rings is 1. The molecule has 0 amide bonds. The minimum atomic E-state index is 0.105. The van der Waals surface area contributed by atoms with Gasteiger partial charge in [0.2, 0.25) is 0 Å². The van der Waals surface area contributed by atoms with E-state index in [0.29, 0.717) is 12.0 Å². The molecule has 1 aromatic rings. The lowest BCUT2D eigenvalue weighted by molar-refractivity contribution is 0.172. The van der Waals surface area contributed by atoms with E-state index in [1.54, 1.807) is 17.7 Å². The molecule has 0 bridgehead atoms. The SMILES string of the molecule is CC(C)N1CCC(c2ccn(C)c(=O)c2)CC1. The molecule has 0 N–H and O–H groups in total. The highest BCUT2D eigenvalue weighted by molar-refractivity contribution is 5.17. The Morgan fingerprint density at radius 1 is 1.29 bits per heavy atom. The molecule has 17 heavy (non-hydrogen) atoms. The van der Waals surface area contributed by atoms with Gasteiger partial charge in [0.25, 0.3) is 5.56 Å².